The molecule has 122 heavy (non-hydrogen) atoms. The van der Waals surface area contributed by atoms with Crippen LogP contribution in [0.4, 0.5) is 23.3 Å². The molecule has 0 amide bonds. The van der Waals surface area contributed by atoms with E-state index in [4.69, 9.17) is 115 Å². The number of aliphatic hydroxyl groups excluding tert-OH is 5. The van der Waals surface area contributed by atoms with Crippen LogP contribution in [0.2, 0.25) is 5.15 Å². The van der Waals surface area contributed by atoms with Crippen LogP contribution in [0, 0.1) is 0 Å². The maximum Gasteiger partial charge on any atom is 0.469 e. The monoisotopic (exact) mass is 1870 g/mol. The normalized spacial score (nSPS) is 25.0. The molecule has 16 atom stereocenters. The number of phosphoric acid groups is 3. The molecule has 11 aromatic rings. The van der Waals surface area contributed by atoms with Crippen molar-refractivity contribution in [1.29, 1.82) is 0 Å². The number of benzene rings is 1. The van der Waals surface area contributed by atoms with Crippen LogP contribution in [-0.4, -0.2) is 285 Å². The van der Waals surface area contributed by atoms with Crippen molar-refractivity contribution in [2.24, 2.45) is 0 Å². The summed E-state index contributed by atoms with van der Waals surface area (Å²) in [5.41, 5.74) is 20.1. The van der Waals surface area contributed by atoms with E-state index in [1.165, 1.54) is 70.6 Å². The van der Waals surface area contributed by atoms with Gasteiger partial charge >= 0.3 is 42.9 Å². The zero-order chi connectivity index (χ0) is 88.2. The Balaban J connectivity index is 0.000000141. The summed E-state index contributed by atoms with van der Waals surface area (Å²) in [7, 11) is -12.4. The van der Waals surface area contributed by atoms with Gasteiger partial charge in [-0.2, -0.15) is 4.98 Å². The summed E-state index contributed by atoms with van der Waals surface area (Å²) in [6.45, 7) is -9.66. The lowest BCUT2D eigenvalue weighted by Crippen LogP contribution is -2.33. The first-order valence-corrected chi connectivity index (χ1v) is 45.2. The first-order chi connectivity index (χ1) is 57.5. The summed E-state index contributed by atoms with van der Waals surface area (Å²) < 4.78 is 96.6. The Kier molecular flexibility index (Phi) is 29.3. The number of aliphatic hydroxyl groups is 5. The van der Waals surface area contributed by atoms with Crippen LogP contribution in [0.1, 0.15) is 67.2 Å². The van der Waals surface area contributed by atoms with Crippen molar-refractivity contribution in [2.75, 3.05) is 62.6 Å². The minimum Gasteiger partial charge on any atom is -0.456 e. The Bertz CT molecular complexity index is 5930. The summed E-state index contributed by atoms with van der Waals surface area (Å²) in [6, 6.07) is 6.79. The zero-order valence-electron chi connectivity index (χ0n) is 62.0. The number of esters is 1. The van der Waals surface area contributed by atoms with E-state index >= 15 is 0 Å². The molecule has 662 valence electrons. The van der Waals surface area contributed by atoms with Gasteiger partial charge in [0.15, 0.2) is 62.3 Å². The number of nitrogens with one attached hydrogen (secondary N) is 3. The number of rotatable bonds is 23. The number of nitrogens with zero attached hydrogens (tertiary/aromatic N) is 18. The molecule has 24 N–H and O–H groups in total. The number of phosphoric ester groups is 3. The molecule has 56 nitrogen and oxygen atoms in total. The van der Waals surface area contributed by atoms with Crippen molar-refractivity contribution < 1.29 is 144 Å². The van der Waals surface area contributed by atoms with Gasteiger partial charge in [-0.15, -0.1) is 0 Å². The number of anilines is 4. The Morgan fingerprint density at radius 2 is 0.902 bits per heavy atom. The number of nitrogens with two attached hydrogens (primary N) is 3. The average Bonchev–Trinajstić information content (AvgIpc) is 1.66. The number of H-pyrrole nitrogens is 2. The van der Waals surface area contributed by atoms with Gasteiger partial charge in [0.1, 0.15) is 109 Å². The van der Waals surface area contributed by atoms with Crippen molar-refractivity contribution in [3.05, 3.63) is 113 Å². The molecule has 64 heteroatoms. The van der Waals surface area contributed by atoms with E-state index in [0.717, 1.165) is 0 Å². The van der Waals surface area contributed by atoms with Gasteiger partial charge in [-0.25, -0.2) is 78.3 Å². The number of halogens is 1. The van der Waals surface area contributed by atoms with Crippen LogP contribution < -0.4 is 33.6 Å². The average molecular weight is 1870 g/mol. The van der Waals surface area contributed by atoms with Gasteiger partial charge in [-0.05, 0) is 35.7 Å². The van der Waals surface area contributed by atoms with Gasteiger partial charge < -0.3 is 139 Å². The van der Waals surface area contributed by atoms with Gasteiger partial charge in [0.25, 0.3) is 11.1 Å². The molecule has 5 saturated heterocycles. The highest BCUT2D eigenvalue weighted by atomic mass is 35.5. The molecule has 16 unspecified atom stereocenters. The number of hydrogen-bond donors (Lipinski definition) is 21. The molecule has 5 aliphatic rings. The highest BCUT2D eigenvalue weighted by Crippen LogP contribution is 2.45. The van der Waals surface area contributed by atoms with E-state index in [0.29, 0.717) is 39.2 Å². The van der Waals surface area contributed by atoms with Gasteiger partial charge in [0.05, 0.1) is 94.9 Å². The number of aromatic amines is 2. The second-order valence-electron chi connectivity index (χ2n) is 26.4. The van der Waals surface area contributed by atoms with Crippen molar-refractivity contribution in [3.8, 4) is 0 Å². The van der Waals surface area contributed by atoms with Crippen LogP contribution in [0.25, 0.3) is 55.8 Å². The number of imidazole rings is 5. The van der Waals surface area contributed by atoms with E-state index < -0.39 is 167 Å². The Labute approximate surface area is 694 Å². The molecular formula is C58H74ClN24O32P5S2. The number of nitrogen functional groups attached to an aromatic ring is 3. The molecule has 0 spiro atoms. The number of carbonyl (C=O) groups is 1. The highest BCUT2D eigenvalue weighted by Gasteiger charge is 2.47. The SMILES string of the molecule is CNc1ccccc1C(=O)OC1CC(n2cnc3c(N)ncnc32)OC1COP(=O)(O)O.Nc1nc2c(ncn2C2CC(O)C(COP(O)(O)=S)O2)c(=O)[nH]1.Nc1ncnc2c1ncn2C1CC(O)C(COP(=O)(O)O)O1.O=P(O)(O)OCC1OC(n2cnc3c(Cl)ncnc32)C(O)C1O.O=c1[nH]cnc2c1ncn2C1CC(O)C(COP(O)(O)=S)O1. The molecular weight excluding hydrogens is 1800 g/mol. The molecule has 0 aliphatic carbocycles. The predicted octanol–water partition coefficient (Wildman–Crippen LogP) is -2.98. The number of ether oxygens (including phenoxy) is 6. The standard InChI is InChI=1S/C18H21N6O7P.C10H12ClN4O7P.C10H14N5O6PS.C10H14N5O6P.C10H13N4O6PS/c1-20-11-5-3-2-4-10(11)18(25)31-12-6-14(30-13(12)7-29-32(26,27)28)24-9-23-15-16(19)21-8-22-17(15)24;11-8-5-9(13-2-12-8)15(3-14-5)10-7(17)6(16)4(22-10)1-21-23(18,19)20;11-10-13-8-7(9(17)14-10)12-3-15(8)6-1-4(16)5(21-6)2-20-22(18,19)23;11-9-8-10(13-3-12-9)15(4-14-8)7-1-5(16)6(21-7)2-20-22(17,18)19;15-5-1-7(20-6(5)2-19-21(17,18)22)14-4-13-8-9(14)11-3-12-10(8)16/h2-5,8-9,12-14,20H,6-7H2,1H3,(H2,19,21,22)(H2,26,27,28);2-4,6-7,10,16-17H,1H2,(H2,18,19,20);3-6,16H,1-2H2,(H2,18,19,23)(H3,11,13,14,17);3-7,16H,1-2H2,(H2,11,12,13)(H2,17,18,19);3-7,15H,1-2H2,(H,11,12,16)(H2,17,18,22). The highest BCUT2D eigenvalue weighted by molar-refractivity contribution is 8.07. The molecule has 10 aromatic heterocycles. The summed E-state index contributed by atoms with van der Waals surface area (Å²) >= 11 is 14.6. The van der Waals surface area contributed by atoms with Crippen LogP contribution in [-0.2, 0) is 88.3 Å². The lowest BCUT2D eigenvalue weighted by molar-refractivity contribution is -0.0504. The van der Waals surface area contributed by atoms with E-state index in [9.17, 15) is 53.6 Å². The third kappa shape index (κ3) is 23.0. The molecule has 16 rings (SSSR count). The first-order valence-electron chi connectivity index (χ1n) is 35.0. The molecule has 0 radical (unpaired) electrons. The number of carbonyl (C=O) groups excluding carboxylic acids is 1. The predicted molar refractivity (Wildman–Crippen MR) is 417 cm³/mol. The van der Waals surface area contributed by atoms with Gasteiger partial charge in [-0.3, -0.25) is 51.0 Å². The van der Waals surface area contributed by atoms with Gasteiger partial charge in [0, 0.05) is 38.4 Å². The summed E-state index contributed by atoms with van der Waals surface area (Å²) in [5, 5.41) is 53.0. The molecule has 5 fully saturated rings. The van der Waals surface area contributed by atoms with Gasteiger partial charge in [-0.1, -0.05) is 23.7 Å². The van der Waals surface area contributed by atoms with Crippen LogP contribution in [0.3, 0.4) is 0 Å². The molecule has 1 aromatic carbocycles. The summed E-state index contributed by atoms with van der Waals surface area (Å²) in [6.07, 6.45) is -1.81. The number of fused-ring (bicyclic) bond motifs is 5. The molecule has 15 heterocycles. The largest absolute Gasteiger partial charge is 0.469 e. The Morgan fingerprint density at radius 1 is 0.500 bits per heavy atom. The fourth-order valence-corrected chi connectivity index (χ4v) is 14.9. The number of para-hydroxylation sites is 1. The van der Waals surface area contributed by atoms with E-state index in [1.807, 2.05) is 0 Å². The first kappa shape index (κ1) is 92.7. The fourth-order valence-electron chi connectivity index (χ4n) is 12.7. The third-order valence-electron chi connectivity index (χ3n) is 18.3. The van der Waals surface area contributed by atoms with Crippen LogP contribution in [0.15, 0.2) is 90.8 Å². The topological polar surface area (TPSA) is 821 Å². The van der Waals surface area contributed by atoms with Gasteiger partial charge in [0.2, 0.25) is 5.95 Å². The van der Waals surface area contributed by atoms with Crippen molar-refractivity contribution >= 4 is 157 Å². The molecule has 0 saturated carbocycles. The lowest BCUT2D eigenvalue weighted by atomic mass is 10.1. The minimum atomic E-state index is -4.76. The van der Waals surface area contributed by atoms with Crippen molar-refractivity contribution in [1.82, 2.24) is 97.6 Å². The second kappa shape index (κ2) is 38.6. The van der Waals surface area contributed by atoms with E-state index in [2.05, 4.69) is 117 Å². The third-order valence-corrected chi connectivity index (χ3v) is 21.6. The summed E-state index contributed by atoms with van der Waals surface area (Å²) in [5.74, 6) is -0.264. The smallest absolute Gasteiger partial charge is 0.456 e. The number of hydrogen-bond acceptors (Lipinski definition) is 41. The quantitative estimate of drug-likeness (QED) is 0.0173. The maximum atomic E-state index is 12.8. The van der Waals surface area contributed by atoms with E-state index in [-0.39, 0.29) is 95.0 Å². The molecule has 5 aliphatic heterocycles. The van der Waals surface area contributed by atoms with Crippen molar-refractivity contribution in [3.63, 3.8) is 0 Å². The fraction of sp³-hybridized carbons (Fsp3) is 0.448. The maximum absolute atomic E-state index is 12.8. The van der Waals surface area contributed by atoms with Crippen molar-refractivity contribution in [2.45, 2.75) is 124 Å². The van der Waals surface area contributed by atoms with Crippen LogP contribution in [0.5, 0.6) is 0 Å². The Morgan fingerprint density at radius 3 is 1.39 bits per heavy atom. The van der Waals surface area contributed by atoms with Crippen LogP contribution >= 0.6 is 48.5 Å². The van der Waals surface area contributed by atoms with E-state index in [1.54, 1.807) is 40.4 Å². The Hall–Kier alpha value is -8.48. The number of aromatic nitrogens is 20. The lowest BCUT2D eigenvalue weighted by Gasteiger charge is -2.19. The minimum absolute atomic E-state index is 0.0658. The second-order valence-corrected chi connectivity index (χ2v) is 35.8. The zero-order valence-corrected chi connectivity index (χ0v) is 68.8. The molecule has 0 bridgehead atoms. The summed E-state index contributed by atoms with van der Waals surface area (Å²) in [4.78, 5) is 182.